The van der Waals surface area contributed by atoms with Crippen molar-refractivity contribution >= 4 is 17.6 Å². The molecule has 0 aliphatic carbocycles. The van der Waals surface area contributed by atoms with Crippen LogP contribution in [0.1, 0.15) is 45.2 Å². The van der Waals surface area contributed by atoms with E-state index in [0.29, 0.717) is 0 Å². The molecule has 1 rings (SSSR count). The van der Waals surface area contributed by atoms with E-state index in [-0.39, 0.29) is 6.04 Å². The lowest BCUT2D eigenvalue weighted by Crippen LogP contribution is -2.43. The predicted molar refractivity (Wildman–Crippen MR) is 112 cm³/mol. The highest BCUT2D eigenvalue weighted by molar-refractivity contribution is 6.31. The number of hydrogen-bond acceptors (Lipinski definition) is 3. The van der Waals surface area contributed by atoms with Crippen LogP contribution < -0.4 is 10.6 Å². The number of rotatable bonds is 12. The van der Waals surface area contributed by atoms with E-state index in [2.05, 4.69) is 40.4 Å². The van der Waals surface area contributed by atoms with Gasteiger partial charge in [-0.05, 0) is 44.5 Å². The van der Waals surface area contributed by atoms with Gasteiger partial charge in [0.2, 0.25) is 0 Å². The molecule has 148 valence electrons. The van der Waals surface area contributed by atoms with Crippen molar-refractivity contribution < 1.29 is 4.74 Å². The first-order chi connectivity index (χ1) is 12.7. The predicted octanol–water partition coefficient (Wildman–Crippen LogP) is 3.70. The molecule has 0 fully saturated rings. The van der Waals surface area contributed by atoms with Crippen molar-refractivity contribution in [3.8, 4) is 0 Å². The molecule has 2 N–H and O–H groups in total. The van der Waals surface area contributed by atoms with Crippen LogP contribution in [0.5, 0.6) is 0 Å². The number of benzene rings is 1. The summed E-state index contributed by atoms with van der Waals surface area (Å²) >= 11 is 6.46. The lowest BCUT2D eigenvalue weighted by molar-refractivity contribution is 0.143. The van der Waals surface area contributed by atoms with Crippen LogP contribution in [0.3, 0.4) is 0 Å². The Morgan fingerprint density at radius 3 is 2.50 bits per heavy atom. The van der Waals surface area contributed by atoms with Gasteiger partial charge in [0.1, 0.15) is 0 Å². The average Bonchev–Trinajstić information content (AvgIpc) is 2.66. The van der Waals surface area contributed by atoms with E-state index in [1.54, 1.807) is 7.05 Å². The van der Waals surface area contributed by atoms with E-state index in [1.165, 1.54) is 0 Å². The number of ether oxygens (including phenoxy) is 1. The fourth-order valence-corrected chi connectivity index (χ4v) is 3.20. The Bertz CT molecular complexity index is 520. The van der Waals surface area contributed by atoms with Gasteiger partial charge in [-0.25, -0.2) is 0 Å². The van der Waals surface area contributed by atoms with Crippen molar-refractivity contribution in [2.45, 2.75) is 39.7 Å². The number of aliphatic imine (C=N–C) groups is 1. The van der Waals surface area contributed by atoms with E-state index in [0.717, 1.165) is 68.8 Å². The zero-order valence-electron chi connectivity index (χ0n) is 16.7. The summed E-state index contributed by atoms with van der Waals surface area (Å²) in [5.41, 5.74) is 1.15. The third-order valence-electron chi connectivity index (χ3n) is 4.42. The van der Waals surface area contributed by atoms with Crippen LogP contribution in [0.2, 0.25) is 5.02 Å². The van der Waals surface area contributed by atoms with Gasteiger partial charge in [-0.1, -0.05) is 43.6 Å². The molecule has 1 atom stereocenters. The van der Waals surface area contributed by atoms with Gasteiger partial charge in [-0.3, -0.25) is 9.89 Å². The molecule has 26 heavy (non-hydrogen) atoms. The molecule has 0 amide bonds. The van der Waals surface area contributed by atoms with Crippen LogP contribution in [0.15, 0.2) is 29.3 Å². The molecule has 1 unspecified atom stereocenters. The molecule has 0 aromatic heterocycles. The molecule has 0 aliphatic heterocycles. The third-order valence-corrected chi connectivity index (χ3v) is 4.76. The van der Waals surface area contributed by atoms with Crippen molar-refractivity contribution in [3.63, 3.8) is 0 Å². The Kier molecular flexibility index (Phi) is 12.1. The standard InChI is InChI=1S/C20H35ClN4O/c1-5-25(6-2)19(17-12-8-9-13-18(17)21)16-24-20(22-4)23-14-10-11-15-26-7-3/h8-9,12-13,19H,5-7,10-11,14-16H2,1-4H3,(H2,22,23,24). The third kappa shape index (κ3) is 7.94. The van der Waals surface area contributed by atoms with Gasteiger partial charge in [-0.2, -0.15) is 0 Å². The summed E-state index contributed by atoms with van der Waals surface area (Å²) in [6.07, 6.45) is 2.12. The minimum atomic E-state index is 0.204. The zero-order valence-corrected chi connectivity index (χ0v) is 17.5. The van der Waals surface area contributed by atoms with Gasteiger partial charge < -0.3 is 15.4 Å². The van der Waals surface area contributed by atoms with Crippen LogP contribution in [0, 0.1) is 0 Å². The summed E-state index contributed by atoms with van der Waals surface area (Å²) < 4.78 is 5.37. The van der Waals surface area contributed by atoms with Crippen LogP contribution in [-0.4, -0.2) is 57.3 Å². The normalized spacial score (nSPS) is 13.1. The highest BCUT2D eigenvalue weighted by Gasteiger charge is 2.20. The fraction of sp³-hybridized carbons (Fsp3) is 0.650. The topological polar surface area (TPSA) is 48.9 Å². The lowest BCUT2D eigenvalue weighted by Gasteiger charge is -2.31. The summed E-state index contributed by atoms with van der Waals surface area (Å²) in [5.74, 6) is 0.825. The molecule has 1 aromatic rings. The quantitative estimate of drug-likeness (QED) is 0.329. The smallest absolute Gasteiger partial charge is 0.191 e. The number of guanidine groups is 1. The average molecular weight is 383 g/mol. The first kappa shape index (κ1) is 22.7. The summed E-state index contributed by atoms with van der Waals surface area (Å²) in [6, 6.07) is 8.29. The maximum atomic E-state index is 6.46. The second-order valence-corrected chi connectivity index (χ2v) is 6.45. The van der Waals surface area contributed by atoms with Crippen LogP contribution >= 0.6 is 11.6 Å². The van der Waals surface area contributed by atoms with Crippen LogP contribution in [0.25, 0.3) is 0 Å². The van der Waals surface area contributed by atoms with Crippen LogP contribution in [-0.2, 0) is 4.74 Å². The minimum Gasteiger partial charge on any atom is -0.382 e. The van der Waals surface area contributed by atoms with Gasteiger partial charge in [-0.15, -0.1) is 0 Å². The summed E-state index contributed by atoms with van der Waals surface area (Å²) in [6.45, 7) is 11.6. The van der Waals surface area contributed by atoms with E-state index in [1.807, 2.05) is 25.1 Å². The Morgan fingerprint density at radius 1 is 1.15 bits per heavy atom. The van der Waals surface area contributed by atoms with E-state index >= 15 is 0 Å². The Labute approximate surface area is 164 Å². The number of nitrogens with one attached hydrogen (secondary N) is 2. The minimum absolute atomic E-state index is 0.204. The molecule has 0 saturated heterocycles. The van der Waals surface area contributed by atoms with Crippen molar-refractivity contribution in [3.05, 3.63) is 34.9 Å². The Morgan fingerprint density at radius 2 is 1.88 bits per heavy atom. The fourth-order valence-electron chi connectivity index (χ4n) is 2.94. The molecule has 5 nitrogen and oxygen atoms in total. The Balaban J connectivity index is 2.60. The number of likely N-dealkylation sites (N-methyl/N-ethyl adjacent to an activating group) is 1. The summed E-state index contributed by atoms with van der Waals surface area (Å²) in [7, 11) is 1.80. The number of unbranched alkanes of at least 4 members (excludes halogenated alkanes) is 1. The van der Waals surface area contributed by atoms with E-state index in [9.17, 15) is 0 Å². The van der Waals surface area contributed by atoms with Gasteiger partial charge >= 0.3 is 0 Å². The zero-order chi connectivity index (χ0) is 19.2. The SMILES string of the molecule is CCOCCCCNC(=NC)NCC(c1ccccc1Cl)N(CC)CC. The van der Waals surface area contributed by atoms with Crippen LogP contribution in [0.4, 0.5) is 0 Å². The molecule has 0 heterocycles. The van der Waals surface area contributed by atoms with E-state index < -0.39 is 0 Å². The number of hydrogen-bond donors (Lipinski definition) is 2. The molecule has 0 radical (unpaired) electrons. The van der Waals surface area contributed by atoms with Crippen molar-refractivity contribution in [1.82, 2.24) is 15.5 Å². The first-order valence-electron chi connectivity index (χ1n) is 9.68. The van der Waals surface area contributed by atoms with Crippen molar-refractivity contribution in [1.29, 1.82) is 0 Å². The molecular formula is C20H35ClN4O. The molecule has 0 bridgehead atoms. The van der Waals surface area contributed by atoms with Crippen molar-refractivity contribution in [2.24, 2.45) is 4.99 Å². The van der Waals surface area contributed by atoms with Crippen molar-refractivity contribution in [2.75, 3.05) is 46.4 Å². The lowest BCUT2D eigenvalue weighted by atomic mass is 10.0. The maximum Gasteiger partial charge on any atom is 0.191 e. The Hall–Kier alpha value is -1.30. The molecular weight excluding hydrogens is 348 g/mol. The monoisotopic (exact) mass is 382 g/mol. The van der Waals surface area contributed by atoms with E-state index in [4.69, 9.17) is 16.3 Å². The second-order valence-electron chi connectivity index (χ2n) is 6.04. The molecule has 0 spiro atoms. The largest absolute Gasteiger partial charge is 0.382 e. The van der Waals surface area contributed by atoms with Gasteiger partial charge in [0, 0.05) is 38.4 Å². The highest BCUT2D eigenvalue weighted by Crippen LogP contribution is 2.26. The maximum absolute atomic E-state index is 6.46. The number of nitrogens with zero attached hydrogens (tertiary/aromatic N) is 2. The van der Waals surface area contributed by atoms with Gasteiger partial charge in [0.25, 0.3) is 0 Å². The van der Waals surface area contributed by atoms with Gasteiger partial charge in [0.15, 0.2) is 5.96 Å². The molecule has 6 heteroatoms. The summed E-state index contributed by atoms with van der Waals surface area (Å²) in [4.78, 5) is 6.74. The molecule has 0 aliphatic rings. The summed E-state index contributed by atoms with van der Waals surface area (Å²) in [5, 5.41) is 7.64. The highest BCUT2D eigenvalue weighted by atomic mass is 35.5. The molecule has 0 saturated carbocycles. The first-order valence-corrected chi connectivity index (χ1v) is 10.1. The number of halogens is 1. The second kappa shape index (κ2) is 13.8. The van der Waals surface area contributed by atoms with Gasteiger partial charge in [0.05, 0.1) is 6.04 Å². The molecule has 1 aromatic carbocycles.